The smallest absolute Gasteiger partial charge is 0.337 e. The summed E-state index contributed by atoms with van der Waals surface area (Å²) in [5.41, 5.74) is 1.51. The molecule has 0 spiro atoms. The molecule has 1 N–H and O–H groups in total. The summed E-state index contributed by atoms with van der Waals surface area (Å²) in [6, 6.07) is 9.28. The van der Waals surface area contributed by atoms with Crippen molar-refractivity contribution < 1.29 is 28.2 Å². The highest BCUT2D eigenvalue weighted by atomic mass is 19.1. The summed E-state index contributed by atoms with van der Waals surface area (Å²) >= 11 is 0. The molecule has 138 valence electrons. The van der Waals surface area contributed by atoms with Crippen molar-refractivity contribution in [2.75, 3.05) is 20.8 Å². The summed E-state index contributed by atoms with van der Waals surface area (Å²) in [5, 5.41) is 2.65. The predicted octanol–water partition coefficient (Wildman–Crippen LogP) is 2.62. The van der Waals surface area contributed by atoms with Gasteiger partial charge in [0.2, 0.25) is 0 Å². The van der Waals surface area contributed by atoms with E-state index in [1.54, 1.807) is 19.1 Å². The highest BCUT2D eigenvalue weighted by Gasteiger charge is 2.12. The van der Waals surface area contributed by atoms with Gasteiger partial charge in [0.1, 0.15) is 5.82 Å². The molecule has 0 aliphatic rings. The van der Waals surface area contributed by atoms with Crippen LogP contribution in [0.2, 0.25) is 0 Å². The van der Waals surface area contributed by atoms with E-state index >= 15 is 0 Å². The zero-order valence-corrected chi connectivity index (χ0v) is 14.8. The van der Waals surface area contributed by atoms with Crippen LogP contribution in [0.15, 0.2) is 36.4 Å². The van der Waals surface area contributed by atoms with Gasteiger partial charge in [-0.15, -0.1) is 0 Å². The summed E-state index contributed by atoms with van der Waals surface area (Å²) in [5.74, 6) is -0.565. The molecule has 0 saturated heterocycles. The molecule has 7 heteroatoms. The number of nitrogens with one attached hydrogen (secondary N) is 1. The molecule has 2 aromatic carbocycles. The van der Waals surface area contributed by atoms with Gasteiger partial charge >= 0.3 is 5.97 Å². The molecule has 0 bridgehead atoms. The van der Waals surface area contributed by atoms with Gasteiger partial charge in [-0.3, -0.25) is 4.79 Å². The molecule has 0 radical (unpaired) electrons. The first-order valence-electron chi connectivity index (χ1n) is 7.85. The second-order valence-corrected chi connectivity index (χ2v) is 5.51. The summed E-state index contributed by atoms with van der Waals surface area (Å²) in [7, 11) is 2.71. The molecule has 2 aromatic rings. The van der Waals surface area contributed by atoms with Gasteiger partial charge in [-0.1, -0.05) is 12.1 Å². The number of aryl methyl sites for hydroxylation is 1. The number of rotatable bonds is 7. The van der Waals surface area contributed by atoms with Gasteiger partial charge in [-0.2, -0.15) is 0 Å². The fourth-order valence-corrected chi connectivity index (χ4v) is 2.17. The lowest BCUT2D eigenvalue weighted by Crippen LogP contribution is -2.28. The Kier molecular flexibility index (Phi) is 6.54. The van der Waals surface area contributed by atoms with Crippen LogP contribution in [-0.4, -0.2) is 32.7 Å². The summed E-state index contributed by atoms with van der Waals surface area (Å²) in [6.45, 7) is 1.62. The molecule has 26 heavy (non-hydrogen) atoms. The fourth-order valence-electron chi connectivity index (χ4n) is 2.17. The zero-order valence-electron chi connectivity index (χ0n) is 14.8. The van der Waals surface area contributed by atoms with Crippen LogP contribution < -0.4 is 14.8 Å². The number of hydrogen-bond donors (Lipinski definition) is 1. The second kappa shape index (κ2) is 8.84. The van der Waals surface area contributed by atoms with Gasteiger partial charge < -0.3 is 19.5 Å². The van der Waals surface area contributed by atoms with Crippen LogP contribution in [-0.2, 0) is 16.1 Å². The van der Waals surface area contributed by atoms with E-state index in [0.717, 1.165) is 0 Å². The van der Waals surface area contributed by atoms with E-state index in [1.807, 2.05) is 0 Å². The molecule has 0 atom stereocenters. The van der Waals surface area contributed by atoms with Crippen LogP contribution in [0.4, 0.5) is 4.39 Å². The van der Waals surface area contributed by atoms with Crippen LogP contribution in [0.1, 0.15) is 21.5 Å². The minimum Gasteiger partial charge on any atom is -0.493 e. The highest BCUT2D eigenvalue weighted by molar-refractivity contribution is 5.90. The summed E-state index contributed by atoms with van der Waals surface area (Å²) < 4.78 is 28.7. The Morgan fingerprint density at radius 3 is 2.50 bits per heavy atom. The number of amides is 1. The standard InChI is InChI=1S/C19H20FNO5/c1-12-4-5-13(8-15(12)20)10-21-18(22)11-26-16-7-6-14(19(23)25-3)9-17(16)24-2/h4-9H,10-11H2,1-3H3,(H,21,22). The monoisotopic (exact) mass is 361 g/mol. The van der Waals surface area contributed by atoms with E-state index in [2.05, 4.69) is 10.1 Å². The number of carbonyl (C=O) groups excluding carboxylic acids is 2. The number of esters is 1. The van der Waals surface area contributed by atoms with Crippen LogP contribution in [0, 0.1) is 12.7 Å². The van der Waals surface area contributed by atoms with Gasteiger partial charge in [0.05, 0.1) is 19.8 Å². The van der Waals surface area contributed by atoms with Gasteiger partial charge in [0.15, 0.2) is 18.1 Å². The maximum atomic E-state index is 13.5. The van der Waals surface area contributed by atoms with E-state index in [1.165, 1.54) is 38.5 Å². The van der Waals surface area contributed by atoms with Gasteiger partial charge in [0.25, 0.3) is 5.91 Å². The molecular formula is C19H20FNO5. The van der Waals surface area contributed by atoms with E-state index in [4.69, 9.17) is 9.47 Å². The first kappa shape index (κ1) is 19.2. The molecule has 0 heterocycles. The third-order valence-corrected chi connectivity index (χ3v) is 3.67. The molecule has 0 fully saturated rings. The average molecular weight is 361 g/mol. The molecule has 1 amide bonds. The Bertz CT molecular complexity index is 807. The number of methoxy groups -OCH3 is 2. The fraction of sp³-hybridized carbons (Fsp3) is 0.263. The van der Waals surface area contributed by atoms with Crippen molar-refractivity contribution in [1.82, 2.24) is 5.32 Å². The van der Waals surface area contributed by atoms with Crippen LogP contribution in [0.25, 0.3) is 0 Å². The van der Waals surface area contributed by atoms with Crippen molar-refractivity contribution >= 4 is 11.9 Å². The van der Waals surface area contributed by atoms with Crippen molar-refractivity contribution in [1.29, 1.82) is 0 Å². The SMILES string of the molecule is COC(=O)c1ccc(OCC(=O)NCc2ccc(C)c(F)c2)c(OC)c1. The van der Waals surface area contributed by atoms with Crippen molar-refractivity contribution in [2.45, 2.75) is 13.5 Å². The lowest BCUT2D eigenvalue weighted by molar-refractivity contribution is -0.123. The maximum Gasteiger partial charge on any atom is 0.337 e. The molecule has 0 aliphatic heterocycles. The normalized spacial score (nSPS) is 10.2. The largest absolute Gasteiger partial charge is 0.493 e. The van der Waals surface area contributed by atoms with E-state index in [0.29, 0.717) is 28.2 Å². The topological polar surface area (TPSA) is 73.9 Å². The van der Waals surface area contributed by atoms with E-state index in [9.17, 15) is 14.0 Å². The summed E-state index contributed by atoms with van der Waals surface area (Å²) in [4.78, 5) is 23.4. The Labute approximate surface area is 150 Å². The molecule has 6 nitrogen and oxygen atoms in total. The Morgan fingerprint density at radius 1 is 1.08 bits per heavy atom. The first-order valence-corrected chi connectivity index (χ1v) is 7.85. The zero-order chi connectivity index (χ0) is 19.1. The van der Waals surface area contributed by atoms with Gasteiger partial charge in [0, 0.05) is 6.54 Å². The number of halogens is 1. The van der Waals surface area contributed by atoms with Crippen molar-refractivity contribution in [3.8, 4) is 11.5 Å². The number of ether oxygens (including phenoxy) is 3. The predicted molar refractivity (Wildman–Crippen MR) is 92.8 cm³/mol. The third-order valence-electron chi connectivity index (χ3n) is 3.67. The summed E-state index contributed by atoms with van der Waals surface area (Å²) in [6.07, 6.45) is 0. The highest BCUT2D eigenvalue weighted by Crippen LogP contribution is 2.28. The number of carbonyl (C=O) groups is 2. The lowest BCUT2D eigenvalue weighted by atomic mass is 10.1. The van der Waals surface area contributed by atoms with E-state index < -0.39 is 5.97 Å². The Balaban J connectivity index is 1.92. The molecule has 0 aliphatic carbocycles. The minimum absolute atomic E-state index is 0.192. The second-order valence-electron chi connectivity index (χ2n) is 5.51. The van der Waals surface area contributed by atoms with E-state index in [-0.39, 0.29) is 24.9 Å². The first-order chi connectivity index (χ1) is 12.4. The number of benzene rings is 2. The van der Waals surface area contributed by atoms with Crippen molar-refractivity contribution in [3.63, 3.8) is 0 Å². The molecule has 2 rings (SSSR count). The molecule has 0 aromatic heterocycles. The maximum absolute atomic E-state index is 13.5. The van der Waals surface area contributed by atoms with Crippen LogP contribution >= 0.6 is 0 Å². The van der Waals surface area contributed by atoms with Crippen LogP contribution in [0.3, 0.4) is 0 Å². The molecular weight excluding hydrogens is 341 g/mol. The minimum atomic E-state index is -0.502. The Morgan fingerprint density at radius 2 is 1.85 bits per heavy atom. The van der Waals surface area contributed by atoms with Crippen molar-refractivity contribution in [3.05, 3.63) is 58.9 Å². The number of hydrogen-bond acceptors (Lipinski definition) is 5. The quantitative estimate of drug-likeness (QED) is 0.768. The lowest BCUT2D eigenvalue weighted by Gasteiger charge is -2.12. The third kappa shape index (κ3) is 4.95. The Hall–Kier alpha value is -3.09. The molecule has 0 unspecified atom stereocenters. The van der Waals surface area contributed by atoms with Gasteiger partial charge in [-0.25, -0.2) is 9.18 Å². The van der Waals surface area contributed by atoms with Crippen LogP contribution in [0.5, 0.6) is 11.5 Å². The van der Waals surface area contributed by atoms with Crippen molar-refractivity contribution in [2.24, 2.45) is 0 Å². The van der Waals surface area contributed by atoms with Gasteiger partial charge in [-0.05, 0) is 42.3 Å². The molecule has 0 saturated carbocycles. The average Bonchev–Trinajstić information content (AvgIpc) is 2.66.